The van der Waals surface area contributed by atoms with Gasteiger partial charge in [0.05, 0.1) is 31.5 Å². The van der Waals surface area contributed by atoms with Crippen LogP contribution in [0.4, 0.5) is 0 Å². The van der Waals surface area contributed by atoms with Gasteiger partial charge in [-0.15, -0.1) is 0 Å². The van der Waals surface area contributed by atoms with Crippen molar-refractivity contribution >= 4 is 5.91 Å². The van der Waals surface area contributed by atoms with E-state index in [2.05, 4.69) is 10.3 Å². The molecule has 1 fully saturated rings. The zero-order valence-corrected chi connectivity index (χ0v) is 13.0. The first-order valence-electron chi connectivity index (χ1n) is 8.09. The molecule has 0 radical (unpaired) electrons. The quantitative estimate of drug-likeness (QED) is 0.752. The van der Waals surface area contributed by atoms with Crippen molar-refractivity contribution in [2.24, 2.45) is 0 Å². The second-order valence-corrected chi connectivity index (χ2v) is 5.94. The molecule has 3 rings (SSSR count). The molecule has 1 atom stereocenters. The van der Waals surface area contributed by atoms with Crippen LogP contribution in [0.2, 0.25) is 0 Å². The Morgan fingerprint density at radius 1 is 1.26 bits per heavy atom. The largest absolute Gasteiger partial charge is 0.463 e. The molecule has 1 saturated heterocycles. The maximum atomic E-state index is 12.2. The van der Waals surface area contributed by atoms with Crippen LogP contribution < -0.4 is 15.8 Å². The fourth-order valence-corrected chi connectivity index (χ4v) is 3.14. The highest BCUT2D eigenvalue weighted by atomic mass is 16.3. The first-order valence-corrected chi connectivity index (χ1v) is 8.09. The van der Waals surface area contributed by atoms with Crippen LogP contribution in [0.25, 0.3) is 0 Å². The Labute approximate surface area is 134 Å². The number of amides is 1. The lowest BCUT2D eigenvalue weighted by Gasteiger charge is -2.30. The number of piperidine rings is 1. The molecule has 0 saturated carbocycles. The van der Waals surface area contributed by atoms with Gasteiger partial charge in [0.25, 0.3) is 5.91 Å². The monoisotopic (exact) mass is 316 g/mol. The van der Waals surface area contributed by atoms with Crippen LogP contribution in [0, 0.1) is 0 Å². The molecule has 0 aromatic carbocycles. The van der Waals surface area contributed by atoms with Gasteiger partial charge in [0.2, 0.25) is 5.56 Å². The summed E-state index contributed by atoms with van der Waals surface area (Å²) in [4.78, 5) is 27.3. The van der Waals surface area contributed by atoms with E-state index in [1.807, 2.05) is 12.1 Å². The van der Waals surface area contributed by atoms with Crippen molar-refractivity contribution in [1.82, 2.24) is 10.3 Å². The Bertz CT molecular complexity index is 667. The van der Waals surface area contributed by atoms with E-state index in [9.17, 15) is 9.59 Å². The highest BCUT2D eigenvalue weighted by Gasteiger charge is 2.28. The molecule has 0 bridgehead atoms. The molecule has 6 heteroatoms. The number of nitrogens with one attached hydrogen (secondary N) is 3. The molecular formula is C17H22N3O3+. The summed E-state index contributed by atoms with van der Waals surface area (Å²) in [6.07, 6.45) is 6.81. The molecule has 3 N–H and O–H groups in total. The van der Waals surface area contributed by atoms with Crippen LogP contribution >= 0.6 is 0 Å². The Balaban J connectivity index is 1.67. The second kappa shape index (κ2) is 7.28. The average Bonchev–Trinajstić information content (AvgIpc) is 3.11. The zero-order chi connectivity index (χ0) is 16.1. The Morgan fingerprint density at radius 3 is 2.74 bits per heavy atom. The van der Waals surface area contributed by atoms with Crippen LogP contribution in [-0.4, -0.2) is 30.5 Å². The molecule has 122 valence electrons. The number of furan rings is 1. The lowest BCUT2D eigenvalue weighted by Crippen LogP contribution is -3.13. The molecule has 0 unspecified atom stereocenters. The SMILES string of the molecule is O=C(NC[C@H](c1ccco1)[NH+]1CCCCC1)c1ccc(=O)[nH]c1. The summed E-state index contributed by atoms with van der Waals surface area (Å²) in [5, 5.41) is 2.96. The lowest BCUT2D eigenvalue weighted by molar-refractivity contribution is -0.936. The molecule has 2 aromatic rings. The molecule has 23 heavy (non-hydrogen) atoms. The zero-order valence-electron chi connectivity index (χ0n) is 13.0. The standard InChI is InChI=1S/C17H21N3O3/c21-16-7-6-13(11-18-16)17(22)19-12-14(15-5-4-10-23-15)20-8-2-1-3-9-20/h4-7,10-11,14H,1-3,8-9,12H2,(H,18,21)(H,19,22)/p+1/t14-/m1/s1. The molecule has 3 heterocycles. The van der Waals surface area contributed by atoms with Crippen molar-refractivity contribution in [2.45, 2.75) is 25.3 Å². The minimum Gasteiger partial charge on any atom is -0.463 e. The van der Waals surface area contributed by atoms with Crippen molar-refractivity contribution in [1.29, 1.82) is 0 Å². The topological polar surface area (TPSA) is 79.5 Å². The number of carbonyl (C=O) groups is 1. The molecule has 0 spiro atoms. The summed E-state index contributed by atoms with van der Waals surface area (Å²) in [5.74, 6) is 0.720. The fraction of sp³-hybridized carbons (Fsp3) is 0.412. The van der Waals surface area contributed by atoms with Crippen LogP contribution in [0.15, 0.2) is 45.9 Å². The summed E-state index contributed by atoms with van der Waals surface area (Å²) in [6.45, 7) is 2.71. The van der Waals surface area contributed by atoms with E-state index in [0.717, 1.165) is 18.8 Å². The molecular weight excluding hydrogens is 294 g/mol. The highest BCUT2D eigenvalue weighted by molar-refractivity contribution is 5.93. The van der Waals surface area contributed by atoms with Gasteiger partial charge in [-0.1, -0.05) is 0 Å². The van der Waals surface area contributed by atoms with E-state index in [4.69, 9.17) is 4.42 Å². The van der Waals surface area contributed by atoms with Crippen molar-refractivity contribution < 1.29 is 14.1 Å². The van der Waals surface area contributed by atoms with Crippen molar-refractivity contribution in [2.75, 3.05) is 19.6 Å². The van der Waals surface area contributed by atoms with Crippen molar-refractivity contribution in [3.8, 4) is 0 Å². The van der Waals surface area contributed by atoms with Gasteiger partial charge in [-0.3, -0.25) is 9.59 Å². The maximum Gasteiger partial charge on any atom is 0.252 e. The summed E-state index contributed by atoms with van der Waals surface area (Å²) >= 11 is 0. The van der Waals surface area contributed by atoms with Crippen LogP contribution in [0.3, 0.4) is 0 Å². The third-order valence-corrected chi connectivity index (χ3v) is 4.39. The van der Waals surface area contributed by atoms with Gasteiger partial charge < -0.3 is 19.6 Å². The number of carbonyl (C=O) groups excluding carboxylic acids is 1. The van der Waals surface area contributed by atoms with Gasteiger partial charge >= 0.3 is 0 Å². The molecule has 1 amide bonds. The molecule has 1 aliphatic rings. The number of pyridine rings is 1. The summed E-state index contributed by atoms with van der Waals surface area (Å²) in [7, 11) is 0. The van der Waals surface area contributed by atoms with Crippen molar-refractivity contribution in [3.05, 3.63) is 58.4 Å². The fourth-order valence-electron chi connectivity index (χ4n) is 3.14. The van der Waals surface area contributed by atoms with Crippen LogP contribution in [0.5, 0.6) is 0 Å². The van der Waals surface area contributed by atoms with E-state index >= 15 is 0 Å². The third kappa shape index (κ3) is 3.90. The normalized spacial score (nSPS) is 16.9. The van der Waals surface area contributed by atoms with Crippen LogP contribution in [0.1, 0.15) is 41.4 Å². The minimum atomic E-state index is -0.215. The molecule has 1 aliphatic heterocycles. The maximum absolute atomic E-state index is 12.2. The van der Waals surface area contributed by atoms with E-state index in [-0.39, 0.29) is 17.5 Å². The van der Waals surface area contributed by atoms with Gasteiger partial charge in [0.15, 0.2) is 11.8 Å². The van der Waals surface area contributed by atoms with Crippen molar-refractivity contribution in [3.63, 3.8) is 0 Å². The average molecular weight is 316 g/mol. The van der Waals surface area contributed by atoms with Gasteiger partial charge in [-0.2, -0.15) is 0 Å². The Hall–Kier alpha value is -2.34. The van der Waals surface area contributed by atoms with E-state index < -0.39 is 0 Å². The number of hydrogen-bond acceptors (Lipinski definition) is 3. The lowest BCUT2D eigenvalue weighted by atomic mass is 10.1. The highest BCUT2D eigenvalue weighted by Crippen LogP contribution is 2.11. The third-order valence-electron chi connectivity index (χ3n) is 4.39. The number of aromatic nitrogens is 1. The van der Waals surface area contributed by atoms with Gasteiger partial charge in [-0.25, -0.2) is 0 Å². The number of likely N-dealkylation sites (tertiary alicyclic amines) is 1. The first kappa shape index (κ1) is 15.6. The molecule has 6 nitrogen and oxygen atoms in total. The second-order valence-electron chi connectivity index (χ2n) is 5.94. The predicted octanol–water partition coefficient (Wildman–Crippen LogP) is 0.508. The smallest absolute Gasteiger partial charge is 0.252 e. The van der Waals surface area contributed by atoms with Gasteiger partial charge in [-0.05, 0) is 37.5 Å². The van der Waals surface area contributed by atoms with E-state index in [1.165, 1.54) is 42.5 Å². The summed E-state index contributed by atoms with van der Waals surface area (Å²) in [5.41, 5.74) is 0.240. The first-order chi connectivity index (χ1) is 11.2. The number of rotatable bonds is 5. The number of hydrogen-bond donors (Lipinski definition) is 3. The van der Waals surface area contributed by atoms with Gasteiger partial charge in [0.1, 0.15) is 0 Å². The van der Waals surface area contributed by atoms with E-state index in [0.29, 0.717) is 12.1 Å². The summed E-state index contributed by atoms with van der Waals surface area (Å²) in [6, 6.07) is 6.86. The summed E-state index contributed by atoms with van der Waals surface area (Å²) < 4.78 is 5.58. The molecule has 2 aromatic heterocycles. The number of quaternary nitrogens is 1. The van der Waals surface area contributed by atoms with Crippen LogP contribution in [-0.2, 0) is 0 Å². The Kier molecular flexibility index (Phi) is 4.92. The Morgan fingerprint density at radius 2 is 2.09 bits per heavy atom. The van der Waals surface area contributed by atoms with E-state index in [1.54, 1.807) is 6.26 Å². The number of aromatic amines is 1. The van der Waals surface area contributed by atoms with Gasteiger partial charge in [0, 0.05) is 12.3 Å². The predicted molar refractivity (Wildman–Crippen MR) is 85.4 cm³/mol. The molecule has 0 aliphatic carbocycles. The number of H-pyrrole nitrogens is 1. The minimum absolute atomic E-state index is 0.122.